The molecule has 2 aromatic carbocycles. The van der Waals surface area contributed by atoms with Crippen molar-refractivity contribution in [3.05, 3.63) is 47.5 Å². The van der Waals surface area contributed by atoms with Gasteiger partial charge < -0.3 is 0 Å². The van der Waals surface area contributed by atoms with E-state index in [2.05, 4.69) is 96.1 Å². The van der Waals surface area contributed by atoms with Crippen molar-refractivity contribution in [3.8, 4) is 0 Å². The Bertz CT molecular complexity index is 545. The molecular formula is C19H8O7Ru. The molecule has 7 nitrogen and oxygen atoms in total. The van der Waals surface area contributed by atoms with Gasteiger partial charge in [-0.1, -0.05) is 48.6 Å². The maximum atomic E-state index is 7.50. The van der Waals surface area contributed by atoms with Crippen LogP contribution >= 0.6 is 0 Å². The average molecular weight is 449 g/mol. The van der Waals surface area contributed by atoms with Crippen LogP contribution < -0.4 is 0 Å². The Labute approximate surface area is 171 Å². The van der Waals surface area contributed by atoms with Crippen molar-refractivity contribution >= 4 is 70.4 Å². The number of carbonyl (C=O) groups excluding carboxylic acids is 7. The molecule has 0 saturated heterocycles. The summed E-state index contributed by atoms with van der Waals surface area (Å²) >= 11 is 0. The van der Waals surface area contributed by atoms with Crippen molar-refractivity contribution in [1.82, 2.24) is 0 Å². The van der Waals surface area contributed by atoms with E-state index < -0.39 is 0 Å². The fraction of sp³-hybridized carbons (Fsp3) is 0. The van der Waals surface area contributed by atoms with E-state index in [1.165, 1.54) is 21.9 Å². The van der Waals surface area contributed by atoms with Crippen LogP contribution in [0.1, 0.15) is 11.1 Å². The summed E-state index contributed by atoms with van der Waals surface area (Å²) in [6.07, 6.45) is 4.36. The van der Waals surface area contributed by atoms with Crippen LogP contribution in [0.25, 0.3) is 22.9 Å². The summed E-state index contributed by atoms with van der Waals surface area (Å²) in [5.74, 6) is 0. The van der Waals surface area contributed by atoms with Gasteiger partial charge in [0.05, 0.1) is 0 Å². The summed E-state index contributed by atoms with van der Waals surface area (Å²) in [6.45, 7) is 31.5. The summed E-state index contributed by atoms with van der Waals surface area (Å²) < 4.78 is 0. The van der Waals surface area contributed by atoms with Gasteiger partial charge in [-0.05, 0) is 21.9 Å². The molecule has 0 heterocycles. The Morgan fingerprint density at radius 2 is 0.704 bits per heavy atom. The Morgan fingerprint density at radius 1 is 0.444 bits per heavy atom. The smallest absolute Gasteiger partial charge is 0.281 e. The third-order valence-electron chi connectivity index (χ3n) is 2.41. The Morgan fingerprint density at radius 3 is 0.963 bits per heavy atom. The summed E-state index contributed by atoms with van der Waals surface area (Å²) in [4.78, 5) is 52.5. The first kappa shape index (κ1) is 39.0. The van der Waals surface area contributed by atoms with E-state index in [-0.39, 0.29) is 19.5 Å². The predicted octanol–water partition coefficient (Wildman–Crippen LogP) is 0.541. The summed E-state index contributed by atoms with van der Waals surface area (Å²) in [5, 5.41) is 2.75. The summed E-state index contributed by atoms with van der Waals surface area (Å²) in [7, 11) is 0. The van der Waals surface area contributed by atoms with Gasteiger partial charge in [0.25, 0.3) is 47.5 Å². The number of hydrogen-bond acceptors (Lipinski definition) is 7. The second-order valence-electron chi connectivity index (χ2n) is 3.13. The van der Waals surface area contributed by atoms with Gasteiger partial charge in [-0.2, -0.15) is 0 Å². The predicted molar refractivity (Wildman–Crippen MR) is 92.7 cm³/mol. The third-order valence-corrected chi connectivity index (χ3v) is 2.41. The number of benzene rings is 2. The van der Waals surface area contributed by atoms with E-state index in [0.717, 1.165) is 0 Å². The molecule has 0 spiro atoms. The van der Waals surface area contributed by atoms with Crippen LogP contribution in [0.4, 0.5) is 0 Å². The van der Waals surface area contributed by atoms with Crippen molar-refractivity contribution in [1.29, 1.82) is 0 Å². The monoisotopic (exact) mass is 450 g/mol. The maximum Gasteiger partial charge on any atom is 0.281 e. The van der Waals surface area contributed by atoms with Gasteiger partial charge in [0.2, 0.25) is 0 Å². The molecule has 0 saturated carbocycles. The number of hydrogen-bond donors (Lipinski definition) is 0. The van der Waals surface area contributed by atoms with Gasteiger partial charge >= 0.3 is 0 Å². The van der Waals surface area contributed by atoms with Gasteiger partial charge in [-0.25, -0.2) is 0 Å². The van der Waals surface area contributed by atoms with E-state index in [4.69, 9.17) is 33.6 Å². The molecule has 1 aliphatic carbocycles. The standard InChI is InChI=1S/C12H8.7CO.Ru/c1-3-9-4-2-6-11-8-7-10(5-1)12(9)11;7*1-2;/h1-8H;;;;;;;;. The Kier molecular flexibility index (Phi) is 55.4. The van der Waals surface area contributed by atoms with E-state index in [9.17, 15) is 0 Å². The van der Waals surface area contributed by atoms with Crippen LogP contribution in [0, 0.1) is 0 Å². The molecule has 2 aromatic rings. The molecule has 1 aliphatic rings. The molecule has 0 bridgehead atoms. The first-order chi connectivity index (χ1) is 12.9. The molecule has 0 N–H and O–H groups in total. The molecule has 3 rings (SSSR count). The second kappa shape index (κ2) is 38.4. The minimum atomic E-state index is 0. The zero-order valence-electron chi connectivity index (χ0n) is 13.3. The van der Waals surface area contributed by atoms with Crippen LogP contribution in [0.2, 0.25) is 0 Å². The van der Waals surface area contributed by atoms with Crippen molar-refractivity contribution in [2.75, 3.05) is 0 Å². The van der Waals surface area contributed by atoms with Crippen molar-refractivity contribution in [2.24, 2.45) is 0 Å². The summed E-state index contributed by atoms with van der Waals surface area (Å²) in [5.41, 5.74) is 2.70. The van der Waals surface area contributed by atoms with Gasteiger partial charge in [-0.15, -0.1) is 0 Å². The van der Waals surface area contributed by atoms with Crippen molar-refractivity contribution in [3.63, 3.8) is 0 Å². The van der Waals surface area contributed by atoms with Crippen LogP contribution in [0.5, 0.6) is 0 Å². The largest absolute Gasteiger partial charge is 0.281 e. The molecular weight excluding hydrogens is 441 g/mol. The first-order valence-electron chi connectivity index (χ1n) is 5.58. The molecule has 0 fully saturated rings. The van der Waals surface area contributed by atoms with Gasteiger partial charge in [0, 0.05) is 19.5 Å². The molecule has 0 unspecified atom stereocenters. The maximum absolute atomic E-state index is 7.50. The van der Waals surface area contributed by atoms with E-state index in [0.29, 0.717) is 0 Å². The van der Waals surface area contributed by atoms with Crippen LogP contribution in [0.3, 0.4) is 0 Å². The molecule has 0 aliphatic heterocycles. The summed E-state index contributed by atoms with van der Waals surface area (Å²) in [6, 6.07) is 12.9. The van der Waals surface area contributed by atoms with Crippen LogP contribution in [0.15, 0.2) is 36.4 Å². The van der Waals surface area contributed by atoms with Crippen molar-refractivity contribution < 1.29 is 53.0 Å². The molecule has 134 valence electrons. The molecule has 27 heavy (non-hydrogen) atoms. The fourth-order valence-corrected chi connectivity index (χ4v) is 1.86. The fourth-order valence-electron chi connectivity index (χ4n) is 1.86. The van der Waals surface area contributed by atoms with Gasteiger partial charge in [0.1, 0.15) is 0 Å². The van der Waals surface area contributed by atoms with Crippen molar-refractivity contribution in [2.45, 2.75) is 0 Å². The SMILES string of the molecule is C1=Cc2cccc3cccc1c23.[C]=O.[C]=O.[C]=O.[C]=O.[C]=O.[C]=O.[C]=O.[Ru]. The van der Waals surface area contributed by atoms with Crippen LogP contribution in [-0.4, -0.2) is 47.5 Å². The topological polar surface area (TPSA) is 119 Å². The Hall–Kier alpha value is -3.25. The molecule has 8 heteroatoms. The second-order valence-corrected chi connectivity index (χ2v) is 3.13. The van der Waals surface area contributed by atoms with E-state index >= 15 is 0 Å². The van der Waals surface area contributed by atoms with E-state index in [1.54, 1.807) is 0 Å². The third kappa shape index (κ3) is 14.8. The molecule has 0 amide bonds. The van der Waals surface area contributed by atoms with E-state index in [1.807, 2.05) is 0 Å². The number of rotatable bonds is 0. The molecule has 0 atom stereocenters. The van der Waals surface area contributed by atoms with Gasteiger partial charge in [-0.3, -0.25) is 33.6 Å². The Balaban J connectivity index is -0.0000000637. The first-order valence-corrected chi connectivity index (χ1v) is 5.58. The minimum Gasteiger partial charge on any atom is -0.281 e. The average Bonchev–Trinajstić information content (AvgIpc) is 3.23. The molecule has 0 aromatic heterocycles. The normalized spacial score (nSPS) is 6.67. The quantitative estimate of drug-likeness (QED) is 0.460. The van der Waals surface area contributed by atoms with Crippen LogP contribution in [-0.2, 0) is 53.0 Å². The molecule has 14 radical (unpaired) electrons. The minimum absolute atomic E-state index is 0. The zero-order valence-corrected chi connectivity index (χ0v) is 15.1. The zero-order chi connectivity index (χ0) is 22.0. The van der Waals surface area contributed by atoms with Gasteiger partial charge in [0.15, 0.2) is 0 Å².